The Labute approximate surface area is 180 Å². The summed E-state index contributed by atoms with van der Waals surface area (Å²) < 4.78 is 12.6. The van der Waals surface area contributed by atoms with E-state index in [9.17, 15) is 4.79 Å². The number of halogens is 1. The molecule has 30 heavy (non-hydrogen) atoms. The van der Waals surface area contributed by atoms with Crippen LogP contribution in [0.4, 0.5) is 5.82 Å². The summed E-state index contributed by atoms with van der Waals surface area (Å²) in [4.78, 5) is 12.4. The van der Waals surface area contributed by atoms with Gasteiger partial charge in [-0.05, 0) is 35.4 Å². The first-order valence-electron chi connectivity index (χ1n) is 9.26. The van der Waals surface area contributed by atoms with Crippen LogP contribution in [0, 0.1) is 0 Å². The molecule has 0 aliphatic rings. The van der Waals surface area contributed by atoms with Crippen LogP contribution < -0.4 is 14.8 Å². The van der Waals surface area contributed by atoms with Gasteiger partial charge in [0.1, 0.15) is 12.4 Å². The van der Waals surface area contributed by atoms with Gasteiger partial charge in [0.2, 0.25) is 5.91 Å². The molecule has 0 fully saturated rings. The molecule has 3 aromatic rings. The highest BCUT2D eigenvalue weighted by molar-refractivity contribution is 6.31. The van der Waals surface area contributed by atoms with Gasteiger partial charge in [-0.3, -0.25) is 4.79 Å². The number of nitrogens with zero attached hydrogens (tertiary/aromatic N) is 2. The first-order valence-corrected chi connectivity index (χ1v) is 9.64. The van der Waals surface area contributed by atoms with Crippen LogP contribution in [0.15, 0.2) is 73.5 Å². The number of methoxy groups -OCH3 is 1. The van der Waals surface area contributed by atoms with Crippen molar-refractivity contribution in [3.05, 3.63) is 89.6 Å². The van der Waals surface area contributed by atoms with Crippen LogP contribution in [-0.2, 0) is 11.3 Å². The van der Waals surface area contributed by atoms with Gasteiger partial charge in [-0.1, -0.05) is 48.5 Å². The predicted octanol–water partition coefficient (Wildman–Crippen LogP) is 4.81. The number of nitrogens with one attached hydrogen (secondary N) is 1. The van der Waals surface area contributed by atoms with Crippen molar-refractivity contribution >= 4 is 29.4 Å². The third-order valence-electron chi connectivity index (χ3n) is 4.22. The fraction of sp³-hybridized carbons (Fsp3) is 0.130. The zero-order valence-corrected chi connectivity index (χ0v) is 17.3. The van der Waals surface area contributed by atoms with Crippen molar-refractivity contribution in [3.8, 4) is 11.5 Å². The number of aromatic nitrogens is 2. The molecule has 6 nitrogen and oxygen atoms in total. The Hall–Kier alpha value is -3.51. The van der Waals surface area contributed by atoms with E-state index in [4.69, 9.17) is 21.1 Å². The number of hydrogen-bond donors (Lipinski definition) is 1. The van der Waals surface area contributed by atoms with Crippen LogP contribution in [0.1, 0.15) is 11.1 Å². The largest absolute Gasteiger partial charge is 0.493 e. The summed E-state index contributed by atoms with van der Waals surface area (Å²) in [5.74, 6) is 1.50. The first kappa shape index (κ1) is 21.2. The van der Waals surface area contributed by atoms with E-state index in [-0.39, 0.29) is 5.91 Å². The number of amides is 1. The van der Waals surface area contributed by atoms with Crippen LogP contribution in [-0.4, -0.2) is 29.4 Å². The molecule has 1 aromatic heterocycles. The second kappa shape index (κ2) is 10.3. The molecule has 0 aliphatic carbocycles. The monoisotopic (exact) mass is 423 g/mol. The molecular weight excluding hydrogens is 402 g/mol. The lowest BCUT2D eigenvalue weighted by Crippen LogP contribution is -2.14. The summed E-state index contributed by atoms with van der Waals surface area (Å²) in [6.07, 6.45) is 6.44. The molecule has 3 rings (SSSR count). The minimum atomic E-state index is -0.276. The van der Waals surface area contributed by atoms with Gasteiger partial charge < -0.3 is 14.8 Å². The third-order valence-corrected chi connectivity index (χ3v) is 4.59. The van der Waals surface area contributed by atoms with E-state index in [1.165, 1.54) is 6.08 Å². The van der Waals surface area contributed by atoms with Gasteiger partial charge in [0.25, 0.3) is 0 Å². The molecule has 0 spiro atoms. The number of benzene rings is 2. The summed E-state index contributed by atoms with van der Waals surface area (Å²) >= 11 is 6.22. The van der Waals surface area contributed by atoms with Crippen molar-refractivity contribution in [2.75, 3.05) is 19.0 Å². The first-order chi connectivity index (χ1) is 14.6. The van der Waals surface area contributed by atoms with E-state index in [2.05, 4.69) is 17.0 Å². The smallest absolute Gasteiger partial charge is 0.249 e. The van der Waals surface area contributed by atoms with Gasteiger partial charge in [0, 0.05) is 17.2 Å². The molecule has 1 heterocycles. The van der Waals surface area contributed by atoms with Gasteiger partial charge in [-0.25, -0.2) is 4.68 Å². The second-order valence-corrected chi connectivity index (χ2v) is 6.71. The zero-order valence-electron chi connectivity index (χ0n) is 16.5. The van der Waals surface area contributed by atoms with Gasteiger partial charge in [0.15, 0.2) is 11.5 Å². The molecule has 0 radical (unpaired) electrons. The van der Waals surface area contributed by atoms with E-state index in [0.29, 0.717) is 35.5 Å². The molecule has 1 N–H and O–H groups in total. The lowest BCUT2D eigenvalue weighted by molar-refractivity contribution is -0.111. The van der Waals surface area contributed by atoms with E-state index >= 15 is 0 Å². The van der Waals surface area contributed by atoms with Crippen LogP contribution >= 0.6 is 11.6 Å². The molecular formula is C23H22ClN3O3. The summed E-state index contributed by atoms with van der Waals surface area (Å²) in [6, 6.07) is 14.7. The number of rotatable bonds is 9. The molecule has 0 saturated heterocycles. The zero-order chi connectivity index (χ0) is 21.3. The van der Waals surface area contributed by atoms with Crippen LogP contribution in [0.3, 0.4) is 0 Å². The van der Waals surface area contributed by atoms with Gasteiger partial charge in [0.05, 0.1) is 19.9 Å². The van der Waals surface area contributed by atoms with E-state index in [1.807, 2.05) is 30.3 Å². The standard InChI is InChI=1S/C23H22ClN3O3/c1-3-14-30-20-10-8-17(15-21(20)29-2)9-11-23(28)26-22-12-13-25-27(22)16-18-6-4-5-7-19(18)24/h3-13,15H,1,14,16H2,2H3,(H,26,28)/b11-9+. The number of hydrogen-bond acceptors (Lipinski definition) is 4. The molecule has 0 aliphatic heterocycles. The normalized spacial score (nSPS) is 10.7. The summed E-state index contributed by atoms with van der Waals surface area (Å²) in [5, 5.41) is 7.75. The molecule has 154 valence electrons. The summed E-state index contributed by atoms with van der Waals surface area (Å²) in [7, 11) is 1.57. The minimum Gasteiger partial charge on any atom is -0.493 e. The van der Waals surface area contributed by atoms with Crippen molar-refractivity contribution in [2.24, 2.45) is 0 Å². The van der Waals surface area contributed by atoms with Crippen molar-refractivity contribution in [3.63, 3.8) is 0 Å². The quantitative estimate of drug-likeness (QED) is 0.396. The fourth-order valence-electron chi connectivity index (χ4n) is 2.75. The van der Waals surface area contributed by atoms with E-state index < -0.39 is 0 Å². The predicted molar refractivity (Wildman–Crippen MR) is 119 cm³/mol. The average Bonchev–Trinajstić information content (AvgIpc) is 3.19. The molecule has 0 unspecified atom stereocenters. The SMILES string of the molecule is C=CCOc1ccc(/C=C/C(=O)Nc2ccnn2Cc2ccccc2Cl)cc1OC. The summed E-state index contributed by atoms with van der Waals surface area (Å²) in [6.45, 7) is 4.47. The lowest BCUT2D eigenvalue weighted by Gasteiger charge is -2.10. The van der Waals surface area contributed by atoms with Crippen LogP contribution in [0.25, 0.3) is 6.08 Å². The second-order valence-electron chi connectivity index (χ2n) is 6.30. The molecule has 0 saturated carbocycles. The topological polar surface area (TPSA) is 65.4 Å². The maximum Gasteiger partial charge on any atom is 0.249 e. The van der Waals surface area contributed by atoms with Crippen molar-refractivity contribution in [2.45, 2.75) is 6.54 Å². The maximum absolute atomic E-state index is 12.4. The Morgan fingerprint density at radius 3 is 2.83 bits per heavy atom. The Morgan fingerprint density at radius 2 is 2.07 bits per heavy atom. The molecule has 0 bridgehead atoms. The number of carbonyl (C=O) groups is 1. The van der Waals surface area contributed by atoms with Gasteiger partial charge in [-0.15, -0.1) is 0 Å². The summed E-state index contributed by atoms with van der Waals surface area (Å²) in [5.41, 5.74) is 1.72. The number of ether oxygens (including phenoxy) is 2. The Kier molecular flexibility index (Phi) is 7.29. The Bertz CT molecular complexity index is 1060. The minimum absolute atomic E-state index is 0.276. The van der Waals surface area contributed by atoms with Crippen molar-refractivity contribution in [1.82, 2.24) is 9.78 Å². The van der Waals surface area contributed by atoms with Crippen molar-refractivity contribution in [1.29, 1.82) is 0 Å². The Morgan fingerprint density at radius 1 is 1.23 bits per heavy atom. The van der Waals surface area contributed by atoms with E-state index in [1.54, 1.807) is 48.3 Å². The number of carbonyl (C=O) groups excluding carboxylic acids is 1. The lowest BCUT2D eigenvalue weighted by atomic mass is 10.2. The fourth-order valence-corrected chi connectivity index (χ4v) is 2.94. The van der Waals surface area contributed by atoms with E-state index in [0.717, 1.165) is 11.1 Å². The van der Waals surface area contributed by atoms with Gasteiger partial charge >= 0.3 is 0 Å². The highest BCUT2D eigenvalue weighted by Gasteiger charge is 2.08. The average molecular weight is 424 g/mol. The highest BCUT2D eigenvalue weighted by Crippen LogP contribution is 2.28. The van der Waals surface area contributed by atoms with Gasteiger partial charge in [-0.2, -0.15) is 5.10 Å². The maximum atomic E-state index is 12.4. The molecule has 2 aromatic carbocycles. The third kappa shape index (κ3) is 5.52. The van der Waals surface area contributed by atoms with Crippen LogP contribution in [0.5, 0.6) is 11.5 Å². The highest BCUT2D eigenvalue weighted by atomic mass is 35.5. The Balaban J connectivity index is 1.66. The molecule has 0 atom stereocenters. The van der Waals surface area contributed by atoms with Crippen molar-refractivity contribution < 1.29 is 14.3 Å². The van der Waals surface area contributed by atoms with Crippen LogP contribution in [0.2, 0.25) is 5.02 Å². The molecule has 1 amide bonds. The molecule has 7 heteroatoms. The number of anilines is 1.